The minimum absolute atomic E-state index is 0.106. The van der Waals surface area contributed by atoms with E-state index >= 15 is 0 Å². The largest absolute Gasteiger partial charge is 0.504 e. The van der Waals surface area contributed by atoms with E-state index in [1.165, 1.54) is 0 Å². The quantitative estimate of drug-likeness (QED) is 0.431. The van der Waals surface area contributed by atoms with Gasteiger partial charge in [-0.3, -0.25) is 0 Å². The van der Waals surface area contributed by atoms with Gasteiger partial charge in [0.25, 0.3) is 0 Å². The van der Waals surface area contributed by atoms with E-state index < -0.39 is 17.5 Å². The number of halogens is 3. The van der Waals surface area contributed by atoms with Crippen molar-refractivity contribution in [3.63, 3.8) is 0 Å². The van der Waals surface area contributed by atoms with Crippen LogP contribution in [0.5, 0.6) is 11.5 Å². The number of carbonyl (C=O) groups excluding carboxylic acids is 1. The van der Waals surface area contributed by atoms with Gasteiger partial charge in [-0.15, -0.1) is 0 Å². The number of benzene rings is 1. The van der Waals surface area contributed by atoms with Crippen LogP contribution in [0.4, 0.5) is 0 Å². The molecule has 0 atom stereocenters. The predicted octanol–water partition coefficient (Wildman–Crippen LogP) is 3.95. The second-order valence-corrected chi connectivity index (χ2v) is 5.53. The van der Waals surface area contributed by atoms with E-state index in [0.29, 0.717) is 15.4 Å². The first-order chi connectivity index (χ1) is 7.91. The number of aromatic hydroxyl groups is 2. The average Bonchev–Trinajstić information content (AvgIpc) is 2.31. The van der Waals surface area contributed by atoms with Crippen molar-refractivity contribution < 1.29 is 19.7 Å². The summed E-state index contributed by atoms with van der Waals surface area (Å²) in [5, 5.41) is 19.3. The molecule has 2 N–H and O–H groups in total. The molecule has 0 spiro atoms. The molecule has 0 saturated carbocycles. The van der Waals surface area contributed by atoms with Gasteiger partial charge in [0.1, 0.15) is 5.56 Å². The topological polar surface area (TPSA) is 66.8 Å². The van der Waals surface area contributed by atoms with Crippen molar-refractivity contribution in [3.05, 3.63) is 19.0 Å². The Morgan fingerprint density at radius 1 is 1.12 bits per heavy atom. The molecule has 94 valence electrons. The van der Waals surface area contributed by atoms with Gasteiger partial charge in [0.2, 0.25) is 0 Å². The third kappa shape index (κ3) is 2.95. The highest BCUT2D eigenvalue weighted by atomic mass is 79.9. The van der Waals surface area contributed by atoms with E-state index in [1.807, 2.05) is 6.92 Å². The van der Waals surface area contributed by atoms with Gasteiger partial charge in [0, 0.05) is 0 Å². The number of ether oxygens (including phenoxy) is 1. The van der Waals surface area contributed by atoms with Crippen LogP contribution in [0, 0.1) is 0 Å². The van der Waals surface area contributed by atoms with Crippen LogP contribution in [0.2, 0.25) is 0 Å². The van der Waals surface area contributed by atoms with Crippen molar-refractivity contribution in [2.75, 3.05) is 6.61 Å². The molecule has 1 aromatic rings. The maximum Gasteiger partial charge on any atom is 0.343 e. The Bertz CT molecular complexity index is 430. The zero-order valence-corrected chi connectivity index (χ0v) is 13.5. The normalized spacial score (nSPS) is 10.4. The van der Waals surface area contributed by atoms with Gasteiger partial charge in [-0.25, -0.2) is 4.79 Å². The van der Waals surface area contributed by atoms with Crippen molar-refractivity contribution in [1.82, 2.24) is 0 Å². The van der Waals surface area contributed by atoms with Crippen molar-refractivity contribution in [2.24, 2.45) is 0 Å². The summed E-state index contributed by atoms with van der Waals surface area (Å²) in [6.45, 7) is 2.11. The number of phenols is 2. The van der Waals surface area contributed by atoms with E-state index in [-0.39, 0.29) is 16.6 Å². The molecule has 0 aromatic heterocycles. The molecule has 0 aliphatic heterocycles. The minimum atomic E-state index is -0.695. The first-order valence-electron chi connectivity index (χ1n) is 4.67. The number of esters is 1. The molecule has 4 nitrogen and oxygen atoms in total. The third-order valence-corrected chi connectivity index (χ3v) is 5.34. The smallest absolute Gasteiger partial charge is 0.343 e. The fourth-order valence-corrected chi connectivity index (χ4v) is 2.68. The van der Waals surface area contributed by atoms with Gasteiger partial charge in [0.15, 0.2) is 11.5 Å². The second-order valence-electron chi connectivity index (χ2n) is 3.15. The lowest BCUT2D eigenvalue weighted by molar-refractivity contribution is 0.0499. The lowest BCUT2D eigenvalue weighted by Gasteiger charge is -2.12. The number of carbonyl (C=O) groups is 1. The molecule has 0 radical (unpaired) electrons. The van der Waals surface area contributed by atoms with Crippen LogP contribution >= 0.6 is 47.8 Å². The number of phenolic OH excluding ortho intramolecular Hbond substituents is 2. The molecule has 0 fully saturated rings. The monoisotopic (exact) mass is 430 g/mol. The molecule has 0 saturated heterocycles. The third-order valence-electron chi connectivity index (χ3n) is 1.92. The summed E-state index contributed by atoms with van der Waals surface area (Å²) >= 11 is 9.42. The molecule has 0 aliphatic carbocycles. The van der Waals surface area contributed by atoms with Gasteiger partial charge in [-0.05, 0) is 54.2 Å². The van der Waals surface area contributed by atoms with Crippen LogP contribution in [0.15, 0.2) is 13.4 Å². The first-order valence-corrected chi connectivity index (χ1v) is 7.05. The second kappa shape index (κ2) is 6.06. The highest BCUT2D eigenvalue weighted by Crippen LogP contribution is 2.46. The fourth-order valence-electron chi connectivity index (χ4n) is 1.09. The predicted molar refractivity (Wildman–Crippen MR) is 73.4 cm³/mol. The van der Waals surface area contributed by atoms with Crippen LogP contribution in [0.1, 0.15) is 23.7 Å². The van der Waals surface area contributed by atoms with E-state index in [0.717, 1.165) is 0 Å². The van der Waals surface area contributed by atoms with E-state index in [1.54, 1.807) is 0 Å². The van der Waals surface area contributed by atoms with Crippen LogP contribution in [-0.4, -0.2) is 22.8 Å². The lowest BCUT2D eigenvalue weighted by atomic mass is 10.2. The summed E-state index contributed by atoms with van der Waals surface area (Å²) in [7, 11) is 0. The van der Waals surface area contributed by atoms with Gasteiger partial charge in [0.05, 0.1) is 20.0 Å². The lowest BCUT2D eigenvalue weighted by Crippen LogP contribution is -2.07. The first kappa shape index (κ1) is 14.8. The highest BCUT2D eigenvalue weighted by molar-refractivity contribution is 9.14. The van der Waals surface area contributed by atoms with Gasteiger partial charge in [-0.1, -0.05) is 6.92 Å². The average molecular weight is 433 g/mol. The summed E-state index contributed by atoms with van der Waals surface area (Å²) in [5.41, 5.74) is -0.106. The molecule has 0 heterocycles. The Labute approximate surface area is 123 Å². The number of rotatable bonds is 3. The summed E-state index contributed by atoms with van der Waals surface area (Å²) in [5.74, 6) is -1.63. The standard InChI is InChI=1S/C10H9Br3O4/c1-2-3-17-10(16)4-5(11)6(12)7(13)9(15)8(4)14/h14-15H,2-3H2,1H3. The summed E-state index contributed by atoms with van der Waals surface area (Å²) in [6.07, 6.45) is 0.674. The summed E-state index contributed by atoms with van der Waals surface area (Å²) < 4.78 is 5.92. The highest BCUT2D eigenvalue weighted by Gasteiger charge is 2.25. The Hall–Kier alpha value is -0.270. The van der Waals surface area contributed by atoms with Crippen molar-refractivity contribution in [2.45, 2.75) is 13.3 Å². The van der Waals surface area contributed by atoms with E-state index in [4.69, 9.17) is 4.74 Å². The van der Waals surface area contributed by atoms with Crippen molar-refractivity contribution in [1.29, 1.82) is 0 Å². The van der Waals surface area contributed by atoms with Gasteiger partial charge >= 0.3 is 5.97 Å². The summed E-state index contributed by atoms with van der Waals surface area (Å²) in [4.78, 5) is 11.7. The van der Waals surface area contributed by atoms with Crippen LogP contribution < -0.4 is 0 Å². The Balaban J connectivity index is 3.29. The molecule has 7 heteroatoms. The van der Waals surface area contributed by atoms with Gasteiger partial charge < -0.3 is 14.9 Å². The summed E-state index contributed by atoms with van der Waals surface area (Å²) in [6, 6.07) is 0. The van der Waals surface area contributed by atoms with E-state index in [2.05, 4.69) is 47.8 Å². The molecule has 17 heavy (non-hydrogen) atoms. The molecule has 1 rings (SSSR count). The van der Waals surface area contributed by atoms with Crippen LogP contribution in [0.3, 0.4) is 0 Å². The van der Waals surface area contributed by atoms with Gasteiger partial charge in [-0.2, -0.15) is 0 Å². The maximum atomic E-state index is 11.7. The number of hydrogen-bond acceptors (Lipinski definition) is 4. The van der Waals surface area contributed by atoms with Crippen molar-refractivity contribution in [3.8, 4) is 11.5 Å². The Kier molecular flexibility index (Phi) is 5.27. The Morgan fingerprint density at radius 2 is 1.71 bits per heavy atom. The minimum Gasteiger partial charge on any atom is -0.504 e. The van der Waals surface area contributed by atoms with Crippen LogP contribution in [-0.2, 0) is 4.74 Å². The zero-order valence-electron chi connectivity index (χ0n) is 8.76. The molecular weight excluding hydrogens is 424 g/mol. The zero-order chi connectivity index (χ0) is 13.2. The number of hydrogen-bond donors (Lipinski definition) is 2. The molecule has 0 bridgehead atoms. The Morgan fingerprint density at radius 3 is 2.24 bits per heavy atom. The maximum absolute atomic E-state index is 11.7. The van der Waals surface area contributed by atoms with Crippen LogP contribution in [0.25, 0.3) is 0 Å². The molecule has 0 aliphatic rings. The molecular formula is C10H9Br3O4. The molecule has 0 amide bonds. The van der Waals surface area contributed by atoms with Crippen molar-refractivity contribution >= 4 is 53.8 Å². The molecule has 1 aromatic carbocycles. The van der Waals surface area contributed by atoms with E-state index in [9.17, 15) is 15.0 Å². The fraction of sp³-hybridized carbons (Fsp3) is 0.300. The molecule has 0 unspecified atom stereocenters. The SMILES string of the molecule is CCCOC(=O)c1c(O)c(O)c(Br)c(Br)c1Br.